The van der Waals surface area contributed by atoms with Crippen LogP contribution < -0.4 is 21.1 Å². The fourth-order valence-electron chi connectivity index (χ4n) is 3.16. The minimum Gasteiger partial charge on any atom is -0.497 e. The van der Waals surface area contributed by atoms with Gasteiger partial charge < -0.3 is 25.8 Å². The second kappa shape index (κ2) is 9.61. The number of nitrogens with one attached hydrogen (secondary N) is 2. The normalized spacial score (nSPS) is 13.1. The molecule has 0 amide bonds. The molecule has 3 rings (SSSR count). The van der Waals surface area contributed by atoms with Gasteiger partial charge in [0.25, 0.3) is 0 Å². The van der Waals surface area contributed by atoms with Crippen LogP contribution in [0.5, 0.6) is 5.75 Å². The molecule has 2 unspecified atom stereocenters. The highest BCUT2D eigenvalue weighted by Crippen LogP contribution is 2.26. The van der Waals surface area contributed by atoms with E-state index in [1.54, 1.807) is 17.8 Å². The summed E-state index contributed by atoms with van der Waals surface area (Å²) >= 11 is 0. The van der Waals surface area contributed by atoms with Gasteiger partial charge >= 0.3 is 5.97 Å². The molecule has 0 saturated carbocycles. The van der Waals surface area contributed by atoms with Crippen molar-refractivity contribution in [3.05, 3.63) is 41.6 Å². The molecule has 2 atom stereocenters. The molecule has 0 spiro atoms. The van der Waals surface area contributed by atoms with Crippen LogP contribution >= 0.6 is 0 Å². The van der Waals surface area contributed by atoms with E-state index in [0.29, 0.717) is 11.6 Å². The lowest BCUT2D eigenvalue weighted by atomic mass is 10.1. The Morgan fingerprint density at radius 1 is 1.19 bits per heavy atom. The predicted molar refractivity (Wildman–Crippen MR) is 118 cm³/mol. The SMILES string of the molecule is COC(=O)C(CN)Nc1nc(NC(C)c2cccc(OC)c2)n2ncc(C(C)C)c2n1. The van der Waals surface area contributed by atoms with Crippen LogP contribution in [-0.4, -0.2) is 52.4 Å². The standard InChI is InChI=1S/C21H29N7O3/c1-12(2)16-11-23-28-18(16)26-20(25-17(10-22)19(29)31-5)27-21(28)24-13(3)14-7-6-8-15(9-14)30-4/h6-9,11-13,17H,10,22H2,1-5H3,(H2,24,25,26,27). The van der Waals surface area contributed by atoms with E-state index in [4.69, 9.17) is 15.2 Å². The summed E-state index contributed by atoms with van der Waals surface area (Å²) in [5.41, 5.74) is 8.36. The van der Waals surface area contributed by atoms with Gasteiger partial charge in [-0.2, -0.15) is 19.6 Å². The number of carbonyl (C=O) groups is 1. The van der Waals surface area contributed by atoms with E-state index in [0.717, 1.165) is 16.9 Å². The number of hydrogen-bond acceptors (Lipinski definition) is 9. The summed E-state index contributed by atoms with van der Waals surface area (Å²) in [6, 6.07) is 6.92. The van der Waals surface area contributed by atoms with Gasteiger partial charge in [0.15, 0.2) is 5.65 Å². The number of nitrogens with zero attached hydrogens (tertiary/aromatic N) is 4. The highest BCUT2D eigenvalue weighted by Gasteiger charge is 2.22. The number of methoxy groups -OCH3 is 2. The summed E-state index contributed by atoms with van der Waals surface area (Å²) in [6.07, 6.45) is 1.78. The second-order valence-electron chi connectivity index (χ2n) is 7.46. The smallest absolute Gasteiger partial charge is 0.329 e. The number of rotatable bonds is 9. The Morgan fingerprint density at radius 3 is 2.61 bits per heavy atom. The van der Waals surface area contributed by atoms with Crippen LogP contribution in [0.3, 0.4) is 0 Å². The Bertz CT molecular complexity index is 1050. The Kier molecular flexibility index (Phi) is 6.91. The van der Waals surface area contributed by atoms with Crippen LogP contribution in [-0.2, 0) is 9.53 Å². The number of aromatic nitrogens is 4. The minimum absolute atomic E-state index is 0.0422. The summed E-state index contributed by atoms with van der Waals surface area (Å²) in [5.74, 6) is 1.23. The summed E-state index contributed by atoms with van der Waals surface area (Å²) < 4.78 is 11.8. The molecule has 3 aromatic rings. The zero-order valence-electron chi connectivity index (χ0n) is 18.4. The third-order valence-electron chi connectivity index (χ3n) is 4.98. The number of anilines is 2. The lowest BCUT2D eigenvalue weighted by molar-refractivity contribution is -0.141. The average molecular weight is 428 g/mol. The number of benzene rings is 1. The highest BCUT2D eigenvalue weighted by molar-refractivity contribution is 5.79. The first-order valence-corrected chi connectivity index (χ1v) is 10.1. The zero-order valence-corrected chi connectivity index (χ0v) is 18.4. The maximum Gasteiger partial charge on any atom is 0.329 e. The lowest BCUT2D eigenvalue weighted by Crippen LogP contribution is -2.38. The molecule has 0 aliphatic rings. The highest BCUT2D eigenvalue weighted by atomic mass is 16.5. The van der Waals surface area contributed by atoms with E-state index in [1.165, 1.54) is 7.11 Å². The first-order chi connectivity index (χ1) is 14.9. The average Bonchev–Trinajstić information content (AvgIpc) is 3.21. The van der Waals surface area contributed by atoms with Crippen molar-refractivity contribution in [1.29, 1.82) is 0 Å². The van der Waals surface area contributed by atoms with Crippen molar-refractivity contribution >= 4 is 23.5 Å². The quantitative estimate of drug-likeness (QED) is 0.441. The molecule has 0 fully saturated rings. The van der Waals surface area contributed by atoms with Gasteiger partial charge in [0.2, 0.25) is 11.9 Å². The molecule has 0 aliphatic heterocycles. The fraction of sp³-hybridized carbons (Fsp3) is 0.429. The molecule has 0 bridgehead atoms. The zero-order chi connectivity index (χ0) is 22.5. The third kappa shape index (κ3) is 4.85. The third-order valence-corrected chi connectivity index (χ3v) is 4.98. The van der Waals surface area contributed by atoms with E-state index in [9.17, 15) is 4.79 Å². The molecule has 166 valence electrons. The van der Waals surface area contributed by atoms with Gasteiger partial charge in [-0.3, -0.25) is 0 Å². The van der Waals surface area contributed by atoms with E-state index in [2.05, 4.69) is 39.5 Å². The van der Waals surface area contributed by atoms with Crippen LogP contribution in [0.25, 0.3) is 5.65 Å². The van der Waals surface area contributed by atoms with Gasteiger partial charge in [-0.05, 0) is 30.5 Å². The van der Waals surface area contributed by atoms with Crippen LogP contribution in [0, 0.1) is 0 Å². The second-order valence-corrected chi connectivity index (χ2v) is 7.46. The number of fused-ring (bicyclic) bond motifs is 1. The molecule has 0 aliphatic carbocycles. The van der Waals surface area contributed by atoms with Crippen molar-refractivity contribution in [2.45, 2.75) is 38.8 Å². The lowest BCUT2D eigenvalue weighted by Gasteiger charge is -2.19. The summed E-state index contributed by atoms with van der Waals surface area (Å²) in [5, 5.41) is 10.8. The van der Waals surface area contributed by atoms with Crippen molar-refractivity contribution in [3.8, 4) is 5.75 Å². The molecule has 2 heterocycles. The summed E-state index contributed by atoms with van der Waals surface area (Å²) in [7, 11) is 2.95. The van der Waals surface area contributed by atoms with E-state index in [-0.39, 0.29) is 24.5 Å². The van der Waals surface area contributed by atoms with Crippen molar-refractivity contribution < 1.29 is 14.3 Å². The number of nitrogens with two attached hydrogens (primary N) is 1. The van der Waals surface area contributed by atoms with Gasteiger partial charge in [-0.25, -0.2) is 4.79 Å². The van der Waals surface area contributed by atoms with Crippen LogP contribution in [0.4, 0.5) is 11.9 Å². The Balaban J connectivity index is 2.01. The van der Waals surface area contributed by atoms with Gasteiger partial charge in [-0.1, -0.05) is 26.0 Å². The first kappa shape index (κ1) is 22.3. The molecule has 10 nitrogen and oxygen atoms in total. The molecule has 0 saturated heterocycles. The van der Waals surface area contributed by atoms with Crippen molar-refractivity contribution in [1.82, 2.24) is 19.6 Å². The van der Waals surface area contributed by atoms with E-state index >= 15 is 0 Å². The molecule has 10 heteroatoms. The largest absolute Gasteiger partial charge is 0.497 e. The minimum atomic E-state index is -0.762. The van der Waals surface area contributed by atoms with Crippen LogP contribution in [0.15, 0.2) is 30.5 Å². The first-order valence-electron chi connectivity index (χ1n) is 10.1. The van der Waals surface area contributed by atoms with Gasteiger partial charge in [-0.15, -0.1) is 0 Å². The molecular formula is C21H29N7O3. The van der Waals surface area contributed by atoms with Crippen molar-refractivity contribution in [2.75, 3.05) is 31.4 Å². The van der Waals surface area contributed by atoms with Crippen LogP contribution in [0.2, 0.25) is 0 Å². The fourth-order valence-corrected chi connectivity index (χ4v) is 3.16. The number of carbonyl (C=O) groups excluding carboxylic acids is 1. The number of esters is 1. The number of hydrogen-bond donors (Lipinski definition) is 3. The van der Waals surface area contributed by atoms with Crippen molar-refractivity contribution in [2.24, 2.45) is 5.73 Å². The maximum atomic E-state index is 12.0. The van der Waals surface area contributed by atoms with E-state index in [1.807, 2.05) is 31.2 Å². The Labute approximate surface area is 181 Å². The maximum absolute atomic E-state index is 12.0. The molecule has 31 heavy (non-hydrogen) atoms. The topological polar surface area (TPSA) is 129 Å². The molecule has 0 radical (unpaired) electrons. The predicted octanol–water partition coefficient (Wildman–Crippen LogP) is 2.34. The van der Waals surface area contributed by atoms with E-state index < -0.39 is 12.0 Å². The Morgan fingerprint density at radius 2 is 1.97 bits per heavy atom. The van der Waals surface area contributed by atoms with Crippen LogP contribution in [0.1, 0.15) is 43.9 Å². The summed E-state index contributed by atoms with van der Waals surface area (Å²) in [4.78, 5) is 21.1. The molecular weight excluding hydrogens is 398 g/mol. The summed E-state index contributed by atoms with van der Waals surface area (Å²) in [6.45, 7) is 6.19. The Hall–Kier alpha value is -3.40. The van der Waals surface area contributed by atoms with Crippen molar-refractivity contribution in [3.63, 3.8) is 0 Å². The molecule has 1 aromatic carbocycles. The molecule has 2 aromatic heterocycles. The number of ether oxygens (including phenoxy) is 2. The monoisotopic (exact) mass is 427 g/mol. The van der Waals surface area contributed by atoms with Gasteiger partial charge in [0.05, 0.1) is 26.5 Å². The molecule has 4 N–H and O–H groups in total. The van der Waals surface area contributed by atoms with Gasteiger partial charge in [0, 0.05) is 12.1 Å². The van der Waals surface area contributed by atoms with Gasteiger partial charge in [0.1, 0.15) is 11.8 Å².